The summed E-state index contributed by atoms with van der Waals surface area (Å²) >= 11 is 0. The number of unbranched alkanes of at least 4 members (excludes halogenated alkanes) is 1. The van der Waals surface area contributed by atoms with Crippen LogP contribution in [0.5, 0.6) is 5.75 Å². The van der Waals surface area contributed by atoms with E-state index in [1.807, 2.05) is 54.6 Å². The van der Waals surface area contributed by atoms with Gasteiger partial charge in [0, 0.05) is 6.54 Å². The van der Waals surface area contributed by atoms with Crippen molar-refractivity contribution in [2.45, 2.75) is 12.8 Å². The molecule has 0 atom stereocenters. The highest BCUT2D eigenvalue weighted by molar-refractivity contribution is 5.56. The van der Waals surface area contributed by atoms with Gasteiger partial charge in [-0.3, -0.25) is 0 Å². The minimum atomic E-state index is 0.688. The lowest BCUT2D eigenvalue weighted by Gasteiger charge is -2.08. The molecule has 2 aromatic rings. The van der Waals surface area contributed by atoms with E-state index in [0.717, 1.165) is 30.8 Å². The fourth-order valence-electron chi connectivity index (χ4n) is 1.89. The first kappa shape index (κ1) is 14.0. The van der Waals surface area contributed by atoms with Gasteiger partial charge in [0.05, 0.1) is 17.9 Å². The SMILES string of the molecule is N#Cc1ccccc1NCCCCOc1ccccc1. The number of nitrogens with zero attached hydrogens (tertiary/aromatic N) is 1. The summed E-state index contributed by atoms with van der Waals surface area (Å²) in [5.74, 6) is 0.912. The molecule has 0 unspecified atom stereocenters. The number of hydrogen-bond donors (Lipinski definition) is 1. The van der Waals surface area contributed by atoms with Crippen molar-refractivity contribution >= 4 is 5.69 Å². The standard InChI is InChI=1S/C17H18N2O/c18-14-15-8-4-5-11-17(15)19-12-6-7-13-20-16-9-2-1-3-10-16/h1-5,8-11,19H,6-7,12-13H2. The van der Waals surface area contributed by atoms with Crippen LogP contribution in [-0.2, 0) is 0 Å². The minimum absolute atomic E-state index is 0.688. The van der Waals surface area contributed by atoms with Crippen LogP contribution < -0.4 is 10.1 Å². The summed E-state index contributed by atoms with van der Waals surface area (Å²) < 4.78 is 5.62. The van der Waals surface area contributed by atoms with Crippen molar-refractivity contribution < 1.29 is 4.74 Å². The van der Waals surface area contributed by atoms with E-state index in [-0.39, 0.29) is 0 Å². The Labute approximate surface area is 119 Å². The number of benzene rings is 2. The second-order valence-electron chi connectivity index (χ2n) is 4.45. The van der Waals surface area contributed by atoms with Crippen LogP contribution in [0.2, 0.25) is 0 Å². The zero-order chi connectivity index (χ0) is 14.0. The van der Waals surface area contributed by atoms with Gasteiger partial charge in [-0.05, 0) is 37.1 Å². The second kappa shape index (κ2) is 7.85. The average molecular weight is 266 g/mol. The molecule has 0 heterocycles. The summed E-state index contributed by atoms with van der Waals surface area (Å²) in [4.78, 5) is 0. The lowest BCUT2D eigenvalue weighted by molar-refractivity contribution is 0.308. The predicted molar refractivity (Wildman–Crippen MR) is 80.8 cm³/mol. The molecular formula is C17H18N2O. The van der Waals surface area contributed by atoms with E-state index in [2.05, 4.69) is 11.4 Å². The zero-order valence-corrected chi connectivity index (χ0v) is 11.4. The van der Waals surface area contributed by atoms with Gasteiger partial charge < -0.3 is 10.1 Å². The van der Waals surface area contributed by atoms with E-state index in [4.69, 9.17) is 10.00 Å². The Balaban J connectivity index is 1.64. The molecule has 20 heavy (non-hydrogen) atoms. The molecule has 102 valence electrons. The molecule has 2 aromatic carbocycles. The Morgan fingerprint density at radius 3 is 2.50 bits per heavy atom. The first-order valence-corrected chi connectivity index (χ1v) is 6.81. The molecule has 0 spiro atoms. The van der Waals surface area contributed by atoms with Crippen LogP contribution in [0.4, 0.5) is 5.69 Å². The van der Waals surface area contributed by atoms with E-state index in [1.54, 1.807) is 0 Å². The first-order chi connectivity index (χ1) is 9.90. The van der Waals surface area contributed by atoms with Gasteiger partial charge in [0.1, 0.15) is 11.8 Å². The average Bonchev–Trinajstić information content (AvgIpc) is 2.52. The monoisotopic (exact) mass is 266 g/mol. The molecule has 3 nitrogen and oxygen atoms in total. The summed E-state index contributed by atoms with van der Waals surface area (Å²) in [5.41, 5.74) is 1.59. The third kappa shape index (κ3) is 4.33. The van der Waals surface area contributed by atoms with Crippen LogP contribution in [0.15, 0.2) is 54.6 Å². The smallest absolute Gasteiger partial charge is 0.119 e. The van der Waals surface area contributed by atoms with Gasteiger partial charge >= 0.3 is 0 Å². The Hall–Kier alpha value is -2.47. The Morgan fingerprint density at radius 1 is 0.950 bits per heavy atom. The zero-order valence-electron chi connectivity index (χ0n) is 11.4. The van der Waals surface area contributed by atoms with Crippen LogP contribution >= 0.6 is 0 Å². The van der Waals surface area contributed by atoms with Gasteiger partial charge in [0.15, 0.2) is 0 Å². The minimum Gasteiger partial charge on any atom is -0.494 e. The van der Waals surface area contributed by atoms with Gasteiger partial charge in [0.2, 0.25) is 0 Å². The number of nitrogens with one attached hydrogen (secondary N) is 1. The Morgan fingerprint density at radius 2 is 1.70 bits per heavy atom. The van der Waals surface area contributed by atoms with E-state index in [9.17, 15) is 0 Å². The van der Waals surface area contributed by atoms with Crippen LogP contribution in [0.3, 0.4) is 0 Å². The third-order valence-electron chi connectivity index (χ3n) is 2.95. The van der Waals surface area contributed by atoms with Crippen molar-refractivity contribution in [3.8, 4) is 11.8 Å². The molecule has 0 bridgehead atoms. The largest absolute Gasteiger partial charge is 0.494 e. The van der Waals surface area contributed by atoms with Crippen LogP contribution in [0, 0.1) is 11.3 Å². The molecule has 2 rings (SSSR count). The molecule has 0 aromatic heterocycles. The van der Waals surface area contributed by atoms with Gasteiger partial charge in [-0.2, -0.15) is 5.26 Å². The molecule has 0 saturated carbocycles. The van der Waals surface area contributed by atoms with Crippen molar-refractivity contribution in [1.82, 2.24) is 0 Å². The highest BCUT2D eigenvalue weighted by Crippen LogP contribution is 2.13. The van der Waals surface area contributed by atoms with Gasteiger partial charge in [-0.25, -0.2) is 0 Å². The van der Waals surface area contributed by atoms with E-state index < -0.39 is 0 Å². The fourth-order valence-corrected chi connectivity index (χ4v) is 1.89. The van der Waals surface area contributed by atoms with Crippen molar-refractivity contribution in [1.29, 1.82) is 5.26 Å². The van der Waals surface area contributed by atoms with Crippen LogP contribution in [0.25, 0.3) is 0 Å². The topological polar surface area (TPSA) is 45.0 Å². The van der Waals surface area contributed by atoms with Gasteiger partial charge in [0.25, 0.3) is 0 Å². The summed E-state index contributed by atoms with van der Waals surface area (Å²) in [6, 6.07) is 19.6. The lowest BCUT2D eigenvalue weighted by atomic mass is 10.2. The van der Waals surface area contributed by atoms with Crippen LogP contribution in [-0.4, -0.2) is 13.2 Å². The molecule has 3 heteroatoms. The van der Waals surface area contributed by atoms with Crippen molar-refractivity contribution in [3.05, 3.63) is 60.2 Å². The van der Waals surface area contributed by atoms with Gasteiger partial charge in [-0.15, -0.1) is 0 Å². The van der Waals surface area contributed by atoms with E-state index in [0.29, 0.717) is 12.2 Å². The maximum atomic E-state index is 8.98. The molecule has 0 aliphatic rings. The van der Waals surface area contributed by atoms with Gasteiger partial charge in [-0.1, -0.05) is 30.3 Å². The summed E-state index contributed by atoms with van der Waals surface area (Å²) in [6.45, 7) is 1.56. The molecule has 0 radical (unpaired) electrons. The molecule has 0 fully saturated rings. The molecule has 1 N–H and O–H groups in total. The summed E-state index contributed by atoms with van der Waals surface area (Å²) in [5, 5.41) is 12.3. The Bertz CT molecular complexity index is 561. The van der Waals surface area contributed by atoms with E-state index in [1.165, 1.54) is 0 Å². The fraction of sp³-hybridized carbons (Fsp3) is 0.235. The van der Waals surface area contributed by atoms with Crippen molar-refractivity contribution in [2.24, 2.45) is 0 Å². The first-order valence-electron chi connectivity index (χ1n) is 6.81. The van der Waals surface area contributed by atoms with Crippen molar-refractivity contribution in [3.63, 3.8) is 0 Å². The lowest BCUT2D eigenvalue weighted by Crippen LogP contribution is -2.05. The number of ether oxygens (including phenoxy) is 1. The third-order valence-corrected chi connectivity index (χ3v) is 2.95. The highest BCUT2D eigenvalue weighted by Gasteiger charge is 1.99. The van der Waals surface area contributed by atoms with Crippen molar-refractivity contribution in [2.75, 3.05) is 18.5 Å². The second-order valence-corrected chi connectivity index (χ2v) is 4.45. The highest BCUT2D eigenvalue weighted by atomic mass is 16.5. The number of nitriles is 1. The maximum absolute atomic E-state index is 8.98. The number of hydrogen-bond acceptors (Lipinski definition) is 3. The summed E-state index contributed by atoms with van der Waals surface area (Å²) in [6.07, 6.45) is 1.99. The molecular weight excluding hydrogens is 248 g/mol. The molecule has 0 saturated heterocycles. The quantitative estimate of drug-likeness (QED) is 0.775. The number of anilines is 1. The summed E-state index contributed by atoms with van der Waals surface area (Å²) in [7, 11) is 0. The molecule has 0 aliphatic carbocycles. The normalized spacial score (nSPS) is 9.75. The molecule has 0 aliphatic heterocycles. The number of para-hydroxylation sites is 2. The number of rotatable bonds is 7. The Kier molecular flexibility index (Phi) is 5.48. The maximum Gasteiger partial charge on any atom is 0.119 e. The molecule has 0 amide bonds. The van der Waals surface area contributed by atoms with E-state index >= 15 is 0 Å². The van der Waals surface area contributed by atoms with Crippen LogP contribution in [0.1, 0.15) is 18.4 Å². The predicted octanol–water partition coefficient (Wildman–Crippen LogP) is 3.83.